The van der Waals surface area contributed by atoms with E-state index in [1.807, 2.05) is 12.1 Å². The molecule has 0 radical (unpaired) electrons. The molecule has 0 aliphatic carbocycles. The maximum Gasteiger partial charge on any atom is 0.184 e. The van der Waals surface area contributed by atoms with Crippen molar-refractivity contribution >= 4 is 9.84 Å². The lowest BCUT2D eigenvalue weighted by molar-refractivity contribution is 0.594. The van der Waals surface area contributed by atoms with Gasteiger partial charge >= 0.3 is 0 Å². The number of H-pyrrole nitrogens is 1. The molecule has 0 aliphatic heterocycles. The molecule has 96 valence electrons. The van der Waals surface area contributed by atoms with Gasteiger partial charge in [-0.1, -0.05) is 26.0 Å². The Balaban J connectivity index is 2.25. The van der Waals surface area contributed by atoms with Crippen LogP contribution < -0.4 is 0 Å². The zero-order chi connectivity index (χ0) is 13.2. The first-order valence-corrected chi connectivity index (χ1v) is 7.45. The van der Waals surface area contributed by atoms with E-state index in [1.165, 1.54) is 0 Å². The first kappa shape index (κ1) is 12.8. The van der Waals surface area contributed by atoms with Crippen LogP contribution in [-0.2, 0) is 15.6 Å². The molecule has 1 N–H and O–H groups in total. The molecule has 2 rings (SSSR count). The Morgan fingerprint density at radius 1 is 1.17 bits per heavy atom. The van der Waals surface area contributed by atoms with Crippen molar-refractivity contribution < 1.29 is 8.42 Å². The Morgan fingerprint density at radius 3 is 2.33 bits per heavy atom. The Bertz CT molecular complexity index is 599. The quantitative estimate of drug-likeness (QED) is 0.922. The molecule has 0 saturated heterocycles. The summed E-state index contributed by atoms with van der Waals surface area (Å²) < 4.78 is 24.3. The van der Waals surface area contributed by atoms with Gasteiger partial charge in [-0.25, -0.2) is 8.42 Å². The summed E-state index contributed by atoms with van der Waals surface area (Å²) in [7, 11) is -3.30. The van der Waals surface area contributed by atoms with E-state index in [0.717, 1.165) is 5.56 Å². The molecular formula is C13H16N2O2S. The van der Waals surface area contributed by atoms with Gasteiger partial charge < -0.3 is 0 Å². The third-order valence-electron chi connectivity index (χ3n) is 2.81. The molecule has 0 bridgehead atoms. The minimum absolute atomic E-state index is 0.0476. The van der Waals surface area contributed by atoms with Crippen molar-refractivity contribution in [1.82, 2.24) is 10.2 Å². The van der Waals surface area contributed by atoms with Crippen LogP contribution in [0, 0.1) is 0 Å². The van der Waals surface area contributed by atoms with Gasteiger partial charge in [-0.05, 0) is 29.7 Å². The standard InChI is InChI=1S/C13H16N2O2S/c1-10(2)11-3-5-13(6-4-11)18(16,17)9-12-7-8-14-15-12/h3-8,10H,9H2,1-2H3,(H,14,15). The van der Waals surface area contributed by atoms with Crippen LogP contribution in [0.5, 0.6) is 0 Å². The van der Waals surface area contributed by atoms with Crippen LogP contribution in [0.1, 0.15) is 31.0 Å². The minimum Gasteiger partial charge on any atom is -0.282 e. The molecule has 1 heterocycles. The molecule has 0 saturated carbocycles. The highest BCUT2D eigenvalue weighted by Gasteiger charge is 2.16. The maximum absolute atomic E-state index is 12.1. The van der Waals surface area contributed by atoms with E-state index in [2.05, 4.69) is 24.0 Å². The summed E-state index contributed by atoms with van der Waals surface area (Å²) >= 11 is 0. The fourth-order valence-corrected chi connectivity index (χ4v) is 3.00. The van der Waals surface area contributed by atoms with E-state index in [4.69, 9.17) is 0 Å². The molecule has 4 nitrogen and oxygen atoms in total. The van der Waals surface area contributed by atoms with Crippen LogP contribution in [0.4, 0.5) is 0 Å². The van der Waals surface area contributed by atoms with Crippen LogP contribution in [0.25, 0.3) is 0 Å². The molecule has 1 aromatic heterocycles. The molecular weight excluding hydrogens is 248 g/mol. The van der Waals surface area contributed by atoms with Crippen LogP contribution in [-0.4, -0.2) is 18.6 Å². The van der Waals surface area contributed by atoms with Crippen molar-refractivity contribution in [3.63, 3.8) is 0 Å². The van der Waals surface area contributed by atoms with Gasteiger partial charge in [-0.2, -0.15) is 5.10 Å². The van der Waals surface area contributed by atoms with Crippen LogP contribution in [0.3, 0.4) is 0 Å². The van der Waals surface area contributed by atoms with Gasteiger partial charge in [0.25, 0.3) is 0 Å². The van der Waals surface area contributed by atoms with Gasteiger partial charge in [-0.3, -0.25) is 5.10 Å². The lowest BCUT2D eigenvalue weighted by atomic mass is 10.0. The second-order valence-corrected chi connectivity index (χ2v) is 6.55. The van der Waals surface area contributed by atoms with Gasteiger partial charge in [0.15, 0.2) is 9.84 Å². The Morgan fingerprint density at radius 2 is 1.83 bits per heavy atom. The summed E-state index contributed by atoms with van der Waals surface area (Å²) in [6, 6.07) is 8.73. The number of rotatable bonds is 4. The van der Waals surface area contributed by atoms with Crippen molar-refractivity contribution in [3.05, 3.63) is 47.8 Å². The number of aromatic amines is 1. The maximum atomic E-state index is 12.1. The topological polar surface area (TPSA) is 62.8 Å². The number of nitrogens with zero attached hydrogens (tertiary/aromatic N) is 1. The molecule has 0 spiro atoms. The molecule has 1 aromatic carbocycles. The molecule has 2 aromatic rings. The molecule has 0 unspecified atom stereocenters. The van der Waals surface area contributed by atoms with Gasteiger partial charge in [0.2, 0.25) is 0 Å². The highest BCUT2D eigenvalue weighted by Crippen LogP contribution is 2.19. The Kier molecular flexibility index (Phi) is 3.52. The van der Waals surface area contributed by atoms with Crippen molar-refractivity contribution in [1.29, 1.82) is 0 Å². The smallest absolute Gasteiger partial charge is 0.184 e. The van der Waals surface area contributed by atoms with Crippen molar-refractivity contribution in [2.24, 2.45) is 0 Å². The van der Waals surface area contributed by atoms with E-state index >= 15 is 0 Å². The Hall–Kier alpha value is -1.62. The van der Waals surface area contributed by atoms with Crippen LogP contribution in [0.2, 0.25) is 0 Å². The predicted octanol–water partition coefficient (Wildman–Crippen LogP) is 2.51. The highest BCUT2D eigenvalue weighted by molar-refractivity contribution is 7.90. The van der Waals surface area contributed by atoms with Gasteiger partial charge in [0.05, 0.1) is 16.3 Å². The second-order valence-electron chi connectivity index (χ2n) is 4.56. The summed E-state index contributed by atoms with van der Waals surface area (Å²) in [5.41, 5.74) is 1.73. The van der Waals surface area contributed by atoms with Crippen molar-refractivity contribution in [2.75, 3.05) is 0 Å². The highest BCUT2D eigenvalue weighted by atomic mass is 32.2. The fraction of sp³-hybridized carbons (Fsp3) is 0.308. The molecule has 5 heteroatoms. The largest absolute Gasteiger partial charge is 0.282 e. The van der Waals surface area contributed by atoms with Crippen LogP contribution in [0.15, 0.2) is 41.4 Å². The lowest BCUT2D eigenvalue weighted by Gasteiger charge is -2.07. The molecule has 0 fully saturated rings. The zero-order valence-electron chi connectivity index (χ0n) is 10.4. The Labute approximate surface area is 107 Å². The summed E-state index contributed by atoms with van der Waals surface area (Å²) in [6.45, 7) is 4.15. The molecule has 0 atom stereocenters. The number of nitrogens with one attached hydrogen (secondary N) is 1. The lowest BCUT2D eigenvalue weighted by Crippen LogP contribution is -2.05. The number of hydrogen-bond acceptors (Lipinski definition) is 3. The van der Waals surface area contributed by atoms with E-state index < -0.39 is 9.84 Å². The van der Waals surface area contributed by atoms with Crippen molar-refractivity contribution in [2.45, 2.75) is 30.4 Å². The van der Waals surface area contributed by atoms with E-state index in [9.17, 15) is 8.42 Å². The van der Waals surface area contributed by atoms with Gasteiger partial charge in [-0.15, -0.1) is 0 Å². The average molecular weight is 264 g/mol. The predicted molar refractivity (Wildman–Crippen MR) is 70.0 cm³/mol. The van der Waals surface area contributed by atoms with Crippen LogP contribution >= 0.6 is 0 Å². The summed E-state index contributed by atoms with van der Waals surface area (Å²) in [6.07, 6.45) is 1.55. The number of benzene rings is 1. The molecule has 0 amide bonds. The molecule has 0 aliphatic rings. The summed E-state index contributed by atoms with van der Waals surface area (Å²) in [5, 5.41) is 6.41. The second kappa shape index (κ2) is 4.94. The SMILES string of the molecule is CC(C)c1ccc(S(=O)(=O)Cc2ccn[nH]2)cc1. The summed E-state index contributed by atoms with van der Waals surface area (Å²) in [4.78, 5) is 0.349. The third kappa shape index (κ3) is 2.79. The van der Waals surface area contributed by atoms with Crippen molar-refractivity contribution in [3.8, 4) is 0 Å². The third-order valence-corrected chi connectivity index (χ3v) is 4.49. The normalized spacial score (nSPS) is 11.9. The number of aromatic nitrogens is 2. The first-order chi connectivity index (χ1) is 8.49. The fourth-order valence-electron chi connectivity index (χ4n) is 1.71. The zero-order valence-corrected chi connectivity index (χ0v) is 11.2. The van der Waals surface area contributed by atoms with Gasteiger partial charge in [0, 0.05) is 6.20 Å². The first-order valence-electron chi connectivity index (χ1n) is 5.80. The average Bonchev–Trinajstić information content (AvgIpc) is 2.81. The monoisotopic (exact) mass is 264 g/mol. The van der Waals surface area contributed by atoms with E-state index in [-0.39, 0.29) is 5.75 Å². The van der Waals surface area contributed by atoms with E-state index in [1.54, 1.807) is 24.4 Å². The summed E-state index contributed by atoms with van der Waals surface area (Å²) in [5.74, 6) is 0.350. The van der Waals surface area contributed by atoms with E-state index in [0.29, 0.717) is 16.5 Å². The minimum atomic E-state index is -3.30. The molecule has 18 heavy (non-hydrogen) atoms. The van der Waals surface area contributed by atoms with Gasteiger partial charge in [0.1, 0.15) is 0 Å². The number of hydrogen-bond donors (Lipinski definition) is 1. The number of sulfone groups is 1.